The maximum Gasteiger partial charge on any atom is 0.407 e. The molecule has 2 heterocycles. The van der Waals surface area contributed by atoms with Crippen LogP contribution in [-0.2, 0) is 22.6 Å². The summed E-state index contributed by atoms with van der Waals surface area (Å²) in [6.45, 7) is 9.44. The van der Waals surface area contributed by atoms with E-state index in [-0.39, 0.29) is 0 Å². The third-order valence-corrected chi connectivity index (χ3v) is 4.55. The van der Waals surface area contributed by atoms with Crippen molar-refractivity contribution >= 4 is 44.0 Å². The van der Waals surface area contributed by atoms with E-state index in [0.717, 1.165) is 32.2 Å². The van der Waals surface area contributed by atoms with E-state index in [2.05, 4.69) is 30.8 Å². The summed E-state index contributed by atoms with van der Waals surface area (Å²) in [6.07, 6.45) is 1.34. The second kappa shape index (κ2) is 8.45. The zero-order chi connectivity index (χ0) is 20.3. The molecule has 0 saturated heterocycles. The average Bonchev–Trinajstić information content (AvgIpc) is 2.96. The Labute approximate surface area is 172 Å². The highest BCUT2D eigenvalue weighted by Crippen LogP contribution is 2.27. The molecule has 3 aromatic rings. The van der Waals surface area contributed by atoms with Crippen LogP contribution in [0.3, 0.4) is 0 Å². The topological polar surface area (TPSA) is 78.3 Å². The van der Waals surface area contributed by atoms with Gasteiger partial charge < -0.3 is 19.4 Å². The number of amides is 1. The first-order valence-electron chi connectivity index (χ1n) is 9.26. The third kappa shape index (κ3) is 4.80. The lowest BCUT2D eigenvalue weighted by Gasteiger charge is -2.20. The smallest absolute Gasteiger partial charge is 0.407 e. The van der Waals surface area contributed by atoms with Crippen LogP contribution in [0.4, 0.5) is 4.79 Å². The number of pyridine rings is 1. The van der Waals surface area contributed by atoms with Gasteiger partial charge in [-0.15, -0.1) is 0 Å². The number of nitrogens with zero attached hydrogens (tertiary/aromatic N) is 3. The number of imidazole rings is 1. The van der Waals surface area contributed by atoms with Gasteiger partial charge in [-0.05, 0) is 45.9 Å². The molecule has 0 aliphatic carbocycles. The van der Waals surface area contributed by atoms with Crippen molar-refractivity contribution in [2.24, 2.45) is 0 Å². The molecule has 0 atom stereocenters. The summed E-state index contributed by atoms with van der Waals surface area (Å²) in [4.78, 5) is 21.2. The number of nitrogens with one attached hydrogen (secondary N) is 1. The number of carbonyl (C=O) groups excluding carboxylic acids is 1. The van der Waals surface area contributed by atoms with E-state index in [0.29, 0.717) is 26.3 Å². The summed E-state index contributed by atoms with van der Waals surface area (Å²) >= 11 is 3.49. The summed E-state index contributed by atoms with van der Waals surface area (Å²) in [6, 6.07) is 5.99. The second-order valence-corrected chi connectivity index (χ2v) is 8.31. The van der Waals surface area contributed by atoms with Gasteiger partial charge in [0.05, 0.1) is 17.2 Å². The largest absolute Gasteiger partial charge is 0.444 e. The van der Waals surface area contributed by atoms with E-state index in [1.165, 1.54) is 0 Å². The lowest BCUT2D eigenvalue weighted by Crippen LogP contribution is -2.34. The molecule has 0 unspecified atom stereocenters. The molecule has 0 aliphatic heterocycles. The standard InChI is InChI=1S/C20H25BrN4O3/c1-5-27-12-17-24-16-11-23-15-10-13(21)6-7-14(15)18(16)25(17)9-8-22-19(26)28-20(2,3)4/h6-7,10-11H,5,8-9,12H2,1-4H3,(H,22,26). The van der Waals surface area contributed by atoms with Crippen molar-refractivity contribution in [1.82, 2.24) is 19.9 Å². The van der Waals surface area contributed by atoms with Gasteiger partial charge in [0.1, 0.15) is 23.5 Å². The predicted molar refractivity (Wildman–Crippen MR) is 112 cm³/mol. The van der Waals surface area contributed by atoms with Gasteiger partial charge in [-0.3, -0.25) is 4.98 Å². The Kier molecular flexibility index (Phi) is 6.20. The van der Waals surface area contributed by atoms with Crippen LogP contribution in [-0.4, -0.2) is 39.4 Å². The van der Waals surface area contributed by atoms with Crippen molar-refractivity contribution in [3.8, 4) is 0 Å². The van der Waals surface area contributed by atoms with Crippen LogP contribution in [0.15, 0.2) is 28.9 Å². The number of fused-ring (bicyclic) bond motifs is 3. The fourth-order valence-electron chi connectivity index (χ4n) is 2.96. The van der Waals surface area contributed by atoms with Crippen molar-refractivity contribution in [3.05, 3.63) is 34.7 Å². The Morgan fingerprint density at radius 3 is 2.79 bits per heavy atom. The van der Waals surface area contributed by atoms with Gasteiger partial charge in [-0.25, -0.2) is 9.78 Å². The van der Waals surface area contributed by atoms with Crippen LogP contribution in [0.25, 0.3) is 21.9 Å². The normalized spacial score (nSPS) is 11.9. The summed E-state index contributed by atoms with van der Waals surface area (Å²) < 4.78 is 14.0. The van der Waals surface area contributed by atoms with Gasteiger partial charge in [0.2, 0.25) is 0 Å². The minimum atomic E-state index is -0.527. The lowest BCUT2D eigenvalue weighted by atomic mass is 10.2. The van der Waals surface area contributed by atoms with E-state index >= 15 is 0 Å². The zero-order valence-electron chi connectivity index (χ0n) is 16.6. The summed E-state index contributed by atoms with van der Waals surface area (Å²) in [5.74, 6) is 0.806. The first kappa shape index (κ1) is 20.5. The molecule has 2 aromatic heterocycles. The fourth-order valence-corrected chi connectivity index (χ4v) is 3.31. The van der Waals surface area contributed by atoms with E-state index in [4.69, 9.17) is 14.5 Å². The van der Waals surface area contributed by atoms with E-state index in [1.807, 2.05) is 45.9 Å². The van der Waals surface area contributed by atoms with Crippen LogP contribution in [0.5, 0.6) is 0 Å². The molecule has 0 fully saturated rings. The highest BCUT2D eigenvalue weighted by Gasteiger charge is 2.17. The minimum absolute atomic E-state index is 0.398. The van der Waals surface area contributed by atoms with E-state index in [1.54, 1.807) is 6.20 Å². The van der Waals surface area contributed by atoms with Crippen molar-refractivity contribution in [1.29, 1.82) is 0 Å². The predicted octanol–water partition coefficient (Wildman–Crippen LogP) is 4.41. The summed E-state index contributed by atoms with van der Waals surface area (Å²) in [5.41, 5.74) is 2.15. The lowest BCUT2D eigenvalue weighted by molar-refractivity contribution is 0.0526. The Hall–Kier alpha value is -2.19. The van der Waals surface area contributed by atoms with E-state index < -0.39 is 11.7 Å². The molecular formula is C20H25BrN4O3. The molecule has 7 nitrogen and oxygen atoms in total. The minimum Gasteiger partial charge on any atom is -0.444 e. The van der Waals surface area contributed by atoms with Gasteiger partial charge in [-0.1, -0.05) is 15.9 Å². The molecule has 3 rings (SSSR count). The molecule has 150 valence electrons. The molecule has 8 heteroatoms. The maximum atomic E-state index is 12.0. The van der Waals surface area contributed by atoms with Crippen molar-refractivity contribution in [2.75, 3.05) is 13.2 Å². The second-order valence-electron chi connectivity index (χ2n) is 7.40. The molecule has 1 N–H and O–H groups in total. The molecule has 0 aliphatic rings. The molecule has 0 spiro atoms. The third-order valence-electron chi connectivity index (χ3n) is 4.05. The van der Waals surface area contributed by atoms with Gasteiger partial charge in [0.15, 0.2) is 0 Å². The summed E-state index contributed by atoms with van der Waals surface area (Å²) in [5, 5.41) is 3.82. The van der Waals surface area contributed by atoms with Gasteiger partial charge in [0.25, 0.3) is 0 Å². The van der Waals surface area contributed by atoms with Crippen molar-refractivity contribution < 1.29 is 14.3 Å². The maximum absolute atomic E-state index is 12.0. The van der Waals surface area contributed by atoms with Crippen LogP contribution in [0.2, 0.25) is 0 Å². The van der Waals surface area contributed by atoms with Crippen LogP contribution in [0, 0.1) is 0 Å². The molecule has 1 amide bonds. The first-order valence-corrected chi connectivity index (χ1v) is 10.1. The molecule has 0 radical (unpaired) electrons. The van der Waals surface area contributed by atoms with Crippen LogP contribution >= 0.6 is 15.9 Å². The number of hydrogen-bond acceptors (Lipinski definition) is 5. The number of alkyl carbamates (subject to hydrolysis) is 1. The van der Waals surface area contributed by atoms with Crippen molar-refractivity contribution in [3.63, 3.8) is 0 Å². The Morgan fingerprint density at radius 1 is 1.29 bits per heavy atom. The number of rotatable bonds is 6. The zero-order valence-corrected chi connectivity index (χ0v) is 18.2. The number of carbonyl (C=O) groups is 1. The molecular weight excluding hydrogens is 424 g/mol. The molecule has 28 heavy (non-hydrogen) atoms. The number of halogens is 1. The average molecular weight is 449 g/mol. The highest BCUT2D eigenvalue weighted by atomic mass is 79.9. The molecule has 0 bridgehead atoms. The number of aromatic nitrogens is 3. The fraction of sp³-hybridized carbons (Fsp3) is 0.450. The Bertz CT molecular complexity index is 994. The van der Waals surface area contributed by atoms with Gasteiger partial charge in [-0.2, -0.15) is 0 Å². The van der Waals surface area contributed by atoms with Crippen LogP contribution < -0.4 is 5.32 Å². The first-order chi connectivity index (χ1) is 13.3. The number of hydrogen-bond donors (Lipinski definition) is 1. The van der Waals surface area contributed by atoms with Gasteiger partial charge in [0, 0.05) is 29.6 Å². The molecule has 0 saturated carbocycles. The monoisotopic (exact) mass is 448 g/mol. The highest BCUT2D eigenvalue weighted by molar-refractivity contribution is 9.10. The quantitative estimate of drug-likeness (QED) is 0.603. The summed E-state index contributed by atoms with van der Waals surface area (Å²) in [7, 11) is 0. The molecule has 1 aromatic carbocycles. The number of benzene rings is 1. The Morgan fingerprint density at radius 2 is 2.07 bits per heavy atom. The van der Waals surface area contributed by atoms with E-state index in [9.17, 15) is 4.79 Å². The van der Waals surface area contributed by atoms with Crippen LogP contribution in [0.1, 0.15) is 33.5 Å². The SMILES string of the molecule is CCOCc1nc2cnc3cc(Br)ccc3c2n1CCNC(=O)OC(C)(C)C. The van der Waals surface area contributed by atoms with Gasteiger partial charge >= 0.3 is 6.09 Å². The number of ether oxygens (including phenoxy) is 2. The Balaban J connectivity index is 1.92. The van der Waals surface area contributed by atoms with Crippen molar-refractivity contribution in [2.45, 2.75) is 46.4 Å².